The molecular formula is C12H13ClN2O. The molecule has 2 N–H and O–H groups in total. The molecule has 3 nitrogen and oxygen atoms in total. The number of hydrogen-bond donors (Lipinski definition) is 1. The molecule has 2 aromatic rings. The van der Waals surface area contributed by atoms with E-state index in [-0.39, 0.29) is 5.92 Å². The van der Waals surface area contributed by atoms with Crippen molar-refractivity contribution < 1.29 is 4.42 Å². The maximum atomic E-state index is 5.90. The molecule has 1 heterocycles. The van der Waals surface area contributed by atoms with Gasteiger partial charge in [-0.1, -0.05) is 24.6 Å². The summed E-state index contributed by atoms with van der Waals surface area (Å²) < 4.78 is 5.63. The van der Waals surface area contributed by atoms with Crippen LogP contribution in [0.5, 0.6) is 0 Å². The Labute approximate surface area is 99.2 Å². The molecule has 0 bridgehead atoms. The molecule has 1 unspecified atom stereocenters. The first-order valence-electron chi connectivity index (χ1n) is 5.12. The highest BCUT2D eigenvalue weighted by molar-refractivity contribution is 6.30. The lowest BCUT2D eigenvalue weighted by atomic mass is 10.1. The fourth-order valence-corrected chi connectivity index (χ4v) is 1.58. The first-order valence-corrected chi connectivity index (χ1v) is 5.50. The molecule has 0 amide bonds. The van der Waals surface area contributed by atoms with Gasteiger partial charge in [0.2, 0.25) is 5.89 Å². The van der Waals surface area contributed by atoms with E-state index in [1.807, 2.05) is 31.2 Å². The lowest BCUT2D eigenvalue weighted by Gasteiger charge is -2.02. The topological polar surface area (TPSA) is 52.0 Å². The fourth-order valence-electron chi connectivity index (χ4n) is 1.39. The molecule has 0 radical (unpaired) electrons. The average Bonchev–Trinajstić information content (AvgIpc) is 2.77. The van der Waals surface area contributed by atoms with E-state index in [0.29, 0.717) is 17.5 Å². The van der Waals surface area contributed by atoms with Gasteiger partial charge in [0, 0.05) is 23.0 Å². The maximum Gasteiger partial charge on any atom is 0.226 e. The van der Waals surface area contributed by atoms with E-state index in [0.717, 1.165) is 11.3 Å². The molecular weight excluding hydrogens is 224 g/mol. The number of hydrogen-bond acceptors (Lipinski definition) is 3. The van der Waals surface area contributed by atoms with Gasteiger partial charge in [0.15, 0.2) is 0 Å². The number of aromatic nitrogens is 1. The van der Waals surface area contributed by atoms with Gasteiger partial charge in [-0.15, -0.1) is 0 Å². The molecule has 0 aliphatic heterocycles. The van der Waals surface area contributed by atoms with Gasteiger partial charge in [-0.3, -0.25) is 0 Å². The van der Waals surface area contributed by atoms with Crippen molar-refractivity contribution in [3.8, 4) is 11.5 Å². The van der Waals surface area contributed by atoms with Gasteiger partial charge in [-0.25, -0.2) is 4.98 Å². The minimum Gasteiger partial charge on any atom is -0.441 e. The van der Waals surface area contributed by atoms with Crippen LogP contribution in [0.15, 0.2) is 34.9 Å². The Kier molecular flexibility index (Phi) is 3.27. The number of halogens is 1. The SMILES string of the molecule is CC(CN)c1cnc(-c2cccc(Cl)c2)o1. The van der Waals surface area contributed by atoms with Crippen molar-refractivity contribution in [1.82, 2.24) is 4.98 Å². The van der Waals surface area contributed by atoms with Gasteiger partial charge in [-0.2, -0.15) is 0 Å². The largest absolute Gasteiger partial charge is 0.441 e. The molecule has 0 saturated heterocycles. The predicted octanol–water partition coefficient (Wildman–Crippen LogP) is 3.06. The van der Waals surface area contributed by atoms with E-state index < -0.39 is 0 Å². The van der Waals surface area contributed by atoms with Gasteiger partial charge in [0.05, 0.1) is 6.20 Å². The van der Waals surface area contributed by atoms with Crippen LogP contribution in [0, 0.1) is 0 Å². The van der Waals surface area contributed by atoms with Crippen molar-refractivity contribution >= 4 is 11.6 Å². The van der Waals surface area contributed by atoms with Crippen molar-refractivity contribution in [2.45, 2.75) is 12.8 Å². The molecule has 1 aromatic heterocycles. The van der Waals surface area contributed by atoms with Gasteiger partial charge >= 0.3 is 0 Å². The zero-order valence-electron chi connectivity index (χ0n) is 8.98. The monoisotopic (exact) mass is 236 g/mol. The van der Waals surface area contributed by atoms with Crippen LogP contribution in [0.25, 0.3) is 11.5 Å². The second-order valence-corrected chi connectivity index (χ2v) is 4.15. The molecule has 1 aromatic carbocycles. The van der Waals surface area contributed by atoms with Crippen molar-refractivity contribution in [1.29, 1.82) is 0 Å². The highest BCUT2D eigenvalue weighted by atomic mass is 35.5. The zero-order chi connectivity index (χ0) is 11.5. The third-order valence-corrected chi connectivity index (χ3v) is 2.67. The average molecular weight is 237 g/mol. The van der Waals surface area contributed by atoms with E-state index in [4.69, 9.17) is 21.8 Å². The normalized spacial score (nSPS) is 12.7. The molecule has 0 fully saturated rings. The fraction of sp³-hybridized carbons (Fsp3) is 0.250. The Morgan fingerprint density at radius 2 is 2.31 bits per heavy atom. The van der Waals surface area contributed by atoms with Crippen LogP contribution in [0.2, 0.25) is 5.02 Å². The Bertz CT molecular complexity index is 481. The lowest BCUT2D eigenvalue weighted by molar-refractivity contribution is 0.485. The molecule has 1 atom stereocenters. The van der Waals surface area contributed by atoms with Crippen LogP contribution in [-0.4, -0.2) is 11.5 Å². The van der Waals surface area contributed by atoms with E-state index in [1.54, 1.807) is 6.20 Å². The molecule has 84 valence electrons. The van der Waals surface area contributed by atoms with Crippen LogP contribution in [-0.2, 0) is 0 Å². The Hall–Kier alpha value is -1.32. The Morgan fingerprint density at radius 1 is 1.50 bits per heavy atom. The molecule has 4 heteroatoms. The van der Waals surface area contributed by atoms with Gasteiger partial charge in [0.1, 0.15) is 5.76 Å². The summed E-state index contributed by atoms with van der Waals surface area (Å²) in [5, 5.41) is 0.670. The van der Waals surface area contributed by atoms with Crippen molar-refractivity contribution in [3.63, 3.8) is 0 Å². The van der Waals surface area contributed by atoms with Gasteiger partial charge in [-0.05, 0) is 18.2 Å². The second kappa shape index (κ2) is 4.68. The number of nitrogens with two attached hydrogens (primary N) is 1. The summed E-state index contributed by atoms with van der Waals surface area (Å²) >= 11 is 5.90. The summed E-state index contributed by atoms with van der Waals surface area (Å²) in [5.74, 6) is 1.57. The van der Waals surface area contributed by atoms with E-state index in [2.05, 4.69) is 4.98 Å². The van der Waals surface area contributed by atoms with Crippen LogP contribution >= 0.6 is 11.6 Å². The summed E-state index contributed by atoms with van der Waals surface area (Å²) in [7, 11) is 0. The zero-order valence-corrected chi connectivity index (χ0v) is 9.74. The standard InChI is InChI=1S/C12H13ClN2O/c1-8(6-14)11-7-15-12(16-11)9-3-2-4-10(13)5-9/h2-5,7-8H,6,14H2,1H3. The highest BCUT2D eigenvalue weighted by Crippen LogP contribution is 2.24. The first kappa shape index (κ1) is 11.2. The second-order valence-electron chi connectivity index (χ2n) is 3.71. The Balaban J connectivity index is 2.31. The minimum absolute atomic E-state index is 0.181. The summed E-state index contributed by atoms with van der Waals surface area (Å²) in [6.07, 6.45) is 1.72. The number of benzene rings is 1. The number of oxazole rings is 1. The van der Waals surface area contributed by atoms with Crippen LogP contribution in [0.4, 0.5) is 0 Å². The third-order valence-electron chi connectivity index (χ3n) is 2.43. The molecule has 0 aliphatic rings. The van der Waals surface area contributed by atoms with Crippen LogP contribution in [0.1, 0.15) is 18.6 Å². The smallest absolute Gasteiger partial charge is 0.226 e. The van der Waals surface area contributed by atoms with Gasteiger partial charge in [0.25, 0.3) is 0 Å². The molecule has 2 rings (SSSR count). The highest BCUT2D eigenvalue weighted by Gasteiger charge is 2.11. The van der Waals surface area contributed by atoms with E-state index in [9.17, 15) is 0 Å². The first-order chi connectivity index (χ1) is 7.70. The maximum absolute atomic E-state index is 5.90. The number of rotatable bonds is 3. The van der Waals surface area contributed by atoms with E-state index in [1.165, 1.54) is 0 Å². The van der Waals surface area contributed by atoms with E-state index >= 15 is 0 Å². The van der Waals surface area contributed by atoms with Crippen LogP contribution in [0.3, 0.4) is 0 Å². The van der Waals surface area contributed by atoms with Crippen molar-refractivity contribution in [2.75, 3.05) is 6.54 Å². The van der Waals surface area contributed by atoms with Crippen molar-refractivity contribution in [2.24, 2.45) is 5.73 Å². The quantitative estimate of drug-likeness (QED) is 0.891. The summed E-state index contributed by atoms with van der Waals surface area (Å²) in [5.41, 5.74) is 6.44. The minimum atomic E-state index is 0.181. The van der Waals surface area contributed by atoms with Crippen LogP contribution < -0.4 is 5.73 Å². The molecule has 0 spiro atoms. The Morgan fingerprint density at radius 3 is 3.00 bits per heavy atom. The third kappa shape index (κ3) is 2.26. The summed E-state index contributed by atoms with van der Waals surface area (Å²) in [6.45, 7) is 2.55. The summed E-state index contributed by atoms with van der Waals surface area (Å²) in [4.78, 5) is 4.22. The van der Waals surface area contributed by atoms with Crippen molar-refractivity contribution in [3.05, 3.63) is 41.2 Å². The number of nitrogens with zero attached hydrogens (tertiary/aromatic N) is 1. The molecule has 16 heavy (non-hydrogen) atoms. The van der Waals surface area contributed by atoms with Gasteiger partial charge < -0.3 is 10.2 Å². The summed E-state index contributed by atoms with van der Waals surface area (Å²) in [6, 6.07) is 7.42. The lowest BCUT2D eigenvalue weighted by Crippen LogP contribution is -2.07. The molecule has 0 saturated carbocycles. The molecule has 0 aliphatic carbocycles. The predicted molar refractivity (Wildman–Crippen MR) is 64.4 cm³/mol.